The van der Waals surface area contributed by atoms with Gasteiger partial charge in [0.2, 0.25) is 0 Å². The predicted molar refractivity (Wildman–Crippen MR) is 76.7 cm³/mol. The zero-order valence-corrected chi connectivity index (χ0v) is 12.3. The fourth-order valence-electron chi connectivity index (χ4n) is 4.53. The van der Waals surface area contributed by atoms with Crippen molar-refractivity contribution in [2.75, 3.05) is 13.1 Å². The fraction of sp³-hybridized carbons (Fsp3) is 1.00. The summed E-state index contributed by atoms with van der Waals surface area (Å²) in [6.45, 7) is 6.66. The molecule has 18 heavy (non-hydrogen) atoms. The first kappa shape index (κ1) is 14.3. The van der Waals surface area contributed by atoms with Crippen LogP contribution < -0.4 is 0 Å². The predicted octanol–water partition coefficient (Wildman–Crippen LogP) is 3.58. The Morgan fingerprint density at radius 3 is 2.06 bits per heavy atom. The lowest BCUT2D eigenvalue weighted by molar-refractivity contribution is -0.0635. The van der Waals surface area contributed by atoms with Gasteiger partial charge in [0.25, 0.3) is 0 Å². The minimum absolute atomic E-state index is 0.0831. The Labute approximate surface area is 113 Å². The van der Waals surface area contributed by atoms with Crippen LogP contribution in [0.4, 0.5) is 0 Å². The van der Waals surface area contributed by atoms with Gasteiger partial charge in [0.1, 0.15) is 0 Å². The van der Waals surface area contributed by atoms with E-state index < -0.39 is 0 Å². The van der Waals surface area contributed by atoms with Crippen LogP contribution in [0.3, 0.4) is 0 Å². The molecule has 0 aromatic rings. The topological polar surface area (TPSA) is 23.5 Å². The Balaban J connectivity index is 2.12. The van der Waals surface area contributed by atoms with Crippen LogP contribution in [-0.2, 0) is 0 Å². The van der Waals surface area contributed by atoms with E-state index in [1.54, 1.807) is 0 Å². The number of nitrogens with zero attached hydrogens (tertiary/aromatic N) is 1. The van der Waals surface area contributed by atoms with Crippen LogP contribution >= 0.6 is 0 Å². The van der Waals surface area contributed by atoms with Gasteiger partial charge in [-0.25, -0.2) is 0 Å². The molecule has 0 amide bonds. The summed E-state index contributed by atoms with van der Waals surface area (Å²) in [5.41, 5.74) is 0.117. The molecule has 106 valence electrons. The monoisotopic (exact) mass is 253 g/mol. The molecule has 1 atom stereocenters. The maximum absolute atomic E-state index is 11.0. The van der Waals surface area contributed by atoms with Crippen molar-refractivity contribution in [3.63, 3.8) is 0 Å². The molecular weight excluding hydrogens is 222 g/mol. The molecule has 1 unspecified atom stereocenters. The standard InChI is InChI=1S/C16H31NO/c1-3-17(4-2)16(12-8-9-13-16)15(18)14-10-6-5-7-11-14/h14-15,18H,3-13H2,1-2H3. The third kappa shape index (κ3) is 2.60. The second-order valence-electron chi connectivity index (χ2n) is 6.33. The summed E-state index contributed by atoms with van der Waals surface area (Å²) >= 11 is 0. The van der Waals surface area contributed by atoms with Crippen LogP contribution in [0.1, 0.15) is 71.6 Å². The van der Waals surface area contributed by atoms with Crippen LogP contribution in [0.15, 0.2) is 0 Å². The molecule has 2 nitrogen and oxygen atoms in total. The average molecular weight is 253 g/mol. The molecule has 0 spiro atoms. The van der Waals surface area contributed by atoms with E-state index in [0.29, 0.717) is 5.92 Å². The third-order valence-corrected chi connectivity index (χ3v) is 5.51. The second kappa shape index (κ2) is 6.38. The van der Waals surface area contributed by atoms with Gasteiger partial charge < -0.3 is 5.11 Å². The SMILES string of the molecule is CCN(CC)C1(C(O)C2CCCCC2)CCCC1. The first-order valence-electron chi connectivity index (χ1n) is 8.17. The minimum atomic E-state index is -0.0831. The first-order valence-corrected chi connectivity index (χ1v) is 8.17. The molecule has 0 bridgehead atoms. The highest BCUT2D eigenvalue weighted by Gasteiger charge is 2.47. The lowest BCUT2D eigenvalue weighted by atomic mass is 9.75. The smallest absolute Gasteiger partial charge is 0.0751 e. The van der Waals surface area contributed by atoms with E-state index in [4.69, 9.17) is 0 Å². The number of aliphatic hydroxyl groups excluding tert-OH is 1. The van der Waals surface area contributed by atoms with E-state index >= 15 is 0 Å². The van der Waals surface area contributed by atoms with Gasteiger partial charge in [0, 0.05) is 5.54 Å². The largest absolute Gasteiger partial charge is 0.391 e. The van der Waals surface area contributed by atoms with Crippen molar-refractivity contribution in [3.05, 3.63) is 0 Å². The Morgan fingerprint density at radius 1 is 1.00 bits per heavy atom. The molecule has 2 fully saturated rings. The molecule has 0 aromatic heterocycles. The van der Waals surface area contributed by atoms with Gasteiger partial charge in [-0.2, -0.15) is 0 Å². The Hall–Kier alpha value is -0.0800. The summed E-state index contributed by atoms with van der Waals surface area (Å²) in [6.07, 6.45) is 11.5. The third-order valence-electron chi connectivity index (χ3n) is 5.51. The molecule has 1 N–H and O–H groups in total. The van der Waals surface area contributed by atoms with Crippen LogP contribution in [0.25, 0.3) is 0 Å². The summed E-state index contributed by atoms with van der Waals surface area (Å²) in [6, 6.07) is 0. The van der Waals surface area contributed by atoms with Crippen molar-refractivity contribution < 1.29 is 5.11 Å². The van der Waals surface area contributed by atoms with Crippen LogP contribution in [-0.4, -0.2) is 34.7 Å². The van der Waals surface area contributed by atoms with E-state index in [0.717, 1.165) is 13.1 Å². The quantitative estimate of drug-likeness (QED) is 0.809. The van der Waals surface area contributed by atoms with Crippen LogP contribution in [0.2, 0.25) is 0 Å². The Bertz CT molecular complexity index is 237. The Kier molecular flexibility index (Phi) is 5.08. The van der Waals surface area contributed by atoms with Gasteiger partial charge in [-0.05, 0) is 44.7 Å². The van der Waals surface area contributed by atoms with Crippen molar-refractivity contribution in [2.45, 2.75) is 83.3 Å². The molecule has 0 aromatic carbocycles. The van der Waals surface area contributed by atoms with Crippen molar-refractivity contribution >= 4 is 0 Å². The van der Waals surface area contributed by atoms with Crippen molar-refractivity contribution in [1.82, 2.24) is 4.90 Å². The van der Waals surface area contributed by atoms with Gasteiger partial charge in [-0.1, -0.05) is 46.0 Å². The van der Waals surface area contributed by atoms with Crippen molar-refractivity contribution in [3.8, 4) is 0 Å². The number of rotatable bonds is 5. The molecule has 2 aliphatic carbocycles. The zero-order valence-electron chi connectivity index (χ0n) is 12.3. The maximum Gasteiger partial charge on any atom is 0.0751 e. The second-order valence-corrected chi connectivity index (χ2v) is 6.33. The molecular formula is C16H31NO. The van der Waals surface area contributed by atoms with E-state index in [9.17, 15) is 5.11 Å². The summed E-state index contributed by atoms with van der Waals surface area (Å²) < 4.78 is 0. The fourth-order valence-corrected chi connectivity index (χ4v) is 4.53. The highest BCUT2D eigenvalue weighted by Crippen LogP contribution is 2.43. The van der Waals surface area contributed by atoms with Gasteiger partial charge in [-0.3, -0.25) is 4.90 Å². The van der Waals surface area contributed by atoms with E-state index in [2.05, 4.69) is 18.7 Å². The van der Waals surface area contributed by atoms with Gasteiger partial charge >= 0.3 is 0 Å². The van der Waals surface area contributed by atoms with Crippen molar-refractivity contribution in [2.24, 2.45) is 5.92 Å². The Morgan fingerprint density at radius 2 is 1.56 bits per heavy atom. The summed E-state index contributed by atoms with van der Waals surface area (Å²) in [5.74, 6) is 0.567. The summed E-state index contributed by atoms with van der Waals surface area (Å²) in [5, 5.41) is 11.0. The maximum atomic E-state index is 11.0. The zero-order chi connectivity index (χ0) is 13.0. The van der Waals surface area contributed by atoms with Gasteiger partial charge in [0.15, 0.2) is 0 Å². The van der Waals surface area contributed by atoms with E-state index in [1.165, 1.54) is 57.8 Å². The molecule has 0 aliphatic heterocycles. The summed E-state index contributed by atoms with van der Waals surface area (Å²) in [7, 11) is 0. The number of likely N-dealkylation sites (N-methyl/N-ethyl adjacent to an activating group) is 1. The highest BCUT2D eigenvalue weighted by atomic mass is 16.3. The average Bonchev–Trinajstić information content (AvgIpc) is 2.91. The van der Waals surface area contributed by atoms with Crippen LogP contribution in [0, 0.1) is 5.92 Å². The molecule has 0 saturated heterocycles. The van der Waals surface area contributed by atoms with E-state index in [1.807, 2.05) is 0 Å². The number of hydrogen-bond donors (Lipinski definition) is 1. The molecule has 2 rings (SSSR count). The lowest BCUT2D eigenvalue weighted by Gasteiger charge is -2.47. The van der Waals surface area contributed by atoms with E-state index in [-0.39, 0.29) is 11.6 Å². The van der Waals surface area contributed by atoms with Gasteiger partial charge in [-0.15, -0.1) is 0 Å². The number of hydrogen-bond acceptors (Lipinski definition) is 2. The summed E-state index contributed by atoms with van der Waals surface area (Å²) in [4.78, 5) is 2.55. The normalized spacial score (nSPS) is 26.7. The molecule has 2 saturated carbocycles. The molecule has 0 heterocycles. The first-order chi connectivity index (χ1) is 8.74. The minimum Gasteiger partial charge on any atom is -0.391 e. The van der Waals surface area contributed by atoms with Gasteiger partial charge in [0.05, 0.1) is 6.10 Å². The lowest BCUT2D eigenvalue weighted by Crippen LogP contribution is -2.57. The molecule has 2 heteroatoms. The van der Waals surface area contributed by atoms with Crippen LogP contribution in [0.5, 0.6) is 0 Å². The number of aliphatic hydroxyl groups is 1. The molecule has 0 radical (unpaired) electrons. The van der Waals surface area contributed by atoms with Crippen molar-refractivity contribution in [1.29, 1.82) is 0 Å². The molecule has 2 aliphatic rings. The highest BCUT2D eigenvalue weighted by molar-refractivity contribution is 5.02.